The van der Waals surface area contributed by atoms with Crippen LogP contribution in [0.3, 0.4) is 0 Å². The number of nitrogens with zero attached hydrogens (tertiary/aromatic N) is 1. The van der Waals surface area contributed by atoms with E-state index in [1.165, 1.54) is 0 Å². The van der Waals surface area contributed by atoms with Crippen molar-refractivity contribution in [1.82, 2.24) is 10.2 Å². The molecule has 1 aliphatic heterocycles. The molecule has 1 fully saturated rings. The number of carbonyl (C=O) groups excluding carboxylic acids is 1. The summed E-state index contributed by atoms with van der Waals surface area (Å²) in [6.07, 6.45) is 0.147. The number of urea groups is 1. The van der Waals surface area contributed by atoms with Crippen LogP contribution in [0.25, 0.3) is 0 Å². The summed E-state index contributed by atoms with van der Waals surface area (Å²) in [6.45, 7) is 7.05. The molecule has 0 saturated carbocycles. The highest BCUT2D eigenvalue weighted by atomic mass is 16.5. The Kier molecular flexibility index (Phi) is 5.56. The van der Waals surface area contributed by atoms with E-state index in [2.05, 4.69) is 5.32 Å². The molecule has 7 heteroatoms. The number of carboxylic acids is 1. The molecule has 0 aromatic rings. The number of rotatable bonds is 7. The molecule has 0 aliphatic carbocycles. The number of hydrogen-bond acceptors (Lipinski definition) is 4. The molecule has 110 valence electrons. The van der Waals surface area contributed by atoms with E-state index in [-0.39, 0.29) is 18.7 Å². The Hall–Kier alpha value is -1.34. The number of ether oxygens (including phenoxy) is 2. The number of nitrogens with one attached hydrogen (secondary N) is 1. The lowest BCUT2D eigenvalue weighted by atomic mass is 9.97. The number of carbonyl (C=O) groups is 2. The molecule has 0 unspecified atom stereocenters. The smallest absolute Gasteiger partial charge is 0.329 e. The van der Waals surface area contributed by atoms with E-state index in [1.54, 1.807) is 11.8 Å². The Balaban J connectivity index is 2.15. The first-order chi connectivity index (χ1) is 8.82. The maximum absolute atomic E-state index is 11.7. The van der Waals surface area contributed by atoms with E-state index in [1.807, 2.05) is 13.8 Å². The topological polar surface area (TPSA) is 88.1 Å². The summed E-state index contributed by atoms with van der Waals surface area (Å²) in [7, 11) is 0. The van der Waals surface area contributed by atoms with Crippen molar-refractivity contribution in [3.8, 4) is 0 Å². The van der Waals surface area contributed by atoms with Gasteiger partial charge in [0.25, 0.3) is 0 Å². The highest BCUT2D eigenvalue weighted by Gasteiger charge is 2.42. The number of likely N-dealkylation sites (tertiary alicyclic amines) is 1. The average Bonchev–Trinajstić information content (AvgIpc) is 2.28. The van der Waals surface area contributed by atoms with Crippen LogP contribution < -0.4 is 5.32 Å². The van der Waals surface area contributed by atoms with Crippen LogP contribution in [0, 0.1) is 0 Å². The second-order valence-corrected chi connectivity index (χ2v) is 5.14. The monoisotopic (exact) mass is 274 g/mol. The highest BCUT2D eigenvalue weighted by Crippen LogP contribution is 2.24. The van der Waals surface area contributed by atoms with Gasteiger partial charge in [-0.15, -0.1) is 0 Å². The van der Waals surface area contributed by atoms with Crippen molar-refractivity contribution >= 4 is 12.0 Å². The Morgan fingerprint density at radius 3 is 2.58 bits per heavy atom. The Labute approximate surface area is 112 Å². The summed E-state index contributed by atoms with van der Waals surface area (Å²) in [4.78, 5) is 23.7. The molecule has 0 bridgehead atoms. The first kappa shape index (κ1) is 15.7. The van der Waals surface area contributed by atoms with Gasteiger partial charge in [-0.2, -0.15) is 0 Å². The zero-order valence-corrected chi connectivity index (χ0v) is 11.6. The van der Waals surface area contributed by atoms with E-state index in [9.17, 15) is 9.59 Å². The van der Waals surface area contributed by atoms with Crippen LogP contribution in [0.1, 0.15) is 20.8 Å². The SMILES string of the molecule is CC(C)OCCNC(=O)N1CC(C)(OCC(=O)O)C1. The molecule has 0 radical (unpaired) electrons. The standard InChI is InChI=1S/C12H22N2O5/c1-9(2)18-5-4-13-11(17)14-7-12(3,8-14)19-6-10(15)16/h9H,4-8H2,1-3H3,(H,13,17)(H,15,16). The largest absolute Gasteiger partial charge is 0.480 e. The zero-order chi connectivity index (χ0) is 14.5. The molecule has 7 nitrogen and oxygen atoms in total. The van der Waals surface area contributed by atoms with Gasteiger partial charge in [0.1, 0.15) is 12.2 Å². The molecule has 19 heavy (non-hydrogen) atoms. The van der Waals surface area contributed by atoms with Crippen molar-refractivity contribution in [2.24, 2.45) is 0 Å². The molecule has 1 aliphatic rings. The summed E-state index contributed by atoms with van der Waals surface area (Å²) < 4.78 is 10.5. The van der Waals surface area contributed by atoms with Crippen LogP contribution in [0.2, 0.25) is 0 Å². The van der Waals surface area contributed by atoms with E-state index in [0.29, 0.717) is 26.2 Å². The van der Waals surface area contributed by atoms with Crippen LogP contribution in [-0.4, -0.2) is 66.6 Å². The second kappa shape index (κ2) is 6.72. The third-order valence-electron chi connectivity index (χ3n) is 2.71. The quantitative estimate of drug-likeness (QED) is 0.652. The summed E-state index contributed by atoms with van der Waals surface area (Å²) in [6, 6.07) is -0.177. The van der Waals surface area contributed by atoms with Gasteiger partial charge in [-0.05, 0) is 20.8 Å². The van der Waals surface area contributed by atoms with Gasteiger partial charge in [-0.3, -0.25) is 0 Å². The van der Waals surface area contributed by atoms with Gasteiger partial charge < -0.3 is 24.8 Å². The number of carboxylic acid groups (broad SMARTS) is 1. The Morgan fingerprint density at radius 1 is 1.42 bits per heavy atom. The zero-order valence-electron chi connectivity index (χ0n) is 11.6. The molecule has 1 heterocycles. The predicted octanol–water partition coefficient (Wildman–Crippen LogP) is 0.297. The van der Waals surface area contributed by atoms with Gasteiger partial charge in [0.2, 0.25) is 0 Å². The summed E-state index contributed by atoms with van der Waals surface area (Å²) in [5.41, 5.74) is -0.551. The van der Waals surface area contributed by atoms with Crippen LogP contribution in [-0.2, 0) is 14.3 Å². The maximum atomic E-state index is 11.7. The van der Waals surface area contributed by atoms with Crippen LogP contribution in [0.5, 0.6) is 0 Å². The fraction of sp³-hybridized carbons (Fsp3) is 0.833. The maximum Gasteiger partial charge on any atom is 0.329 e. The van der Waals surface area contributed by atoms with E-state index in [0.717, 1.165) is 0 Å². The van der Waals surface area contributed by atoms with Gasteiger partial charge in [-0.25, -0.2) is 9.59 Å². The predicted molar refractivity (Wildman–Crippen MR) is 68.1 cm³/mol. The van der Waals surface area contributed by atoms with Crippen molar-refractivity contribution in [2.45, 2.75) is 32.5 Å². The van der Waals surface area contributed by atoms with E-state index >= 15 is 0 Å². The Bertz CT molecular complexity index is 326. The van der Waals surface area contributed by atoms with Crippen molar-refractivity contribution in [3.05, 3.63) is 0 Å². The molecule has 0 spiro atoms. The minimum atomic E-state index is -1.00. The summed E-state index contributed by atoms with van der Waals surface area (Å²) >= 11 is 0. The van der Waals surface area contributed by atoms with Crippen molar-refractivity contribution in [3.63, 3.8) is 0 Å². The Morgan fingerprint density at radius 2 is 2.05 bits per heavy atom. The lowest BCUT2D eigenvalue weighted by molar-refractivity contribution is -0.159. The first-order valence-electron chi connectivity index (χ1n) is 6.32. The van der Waals surface area contributed by atoms with Crippen LogP contribution in [0.15, 0.2) is 0 Å². The third kappa shape index (κ3) is 5.44. The number of aliphatic carboxylic acids is 1. The van der Waals surface area contributed by atoms with Gasteiger partial charge in [-0.1, -0.05) is 0 Å². The molecule has 1 saturated heterocycles. The normalized spacial score (nSPS) is 17.2. The molecular formula is C12H22N2O5. The number of hydrogen-bond donors (Lipinski definition) is 2. The van der Waals surface area contributed by atoms with E-state index in [4.69, 9.17) is 14.6 Å². The van der Waals surface area contributed by atoms with Gasteiger partial charge in [0, 0.05) is 6.54 Å². The molecule has 1 rings (SSSR count). The van der Waals surface area contributed by atoms with Gasteiger partial charge >= 0.3 is 12.0 Å². The first-order valence-corrected chi connectivity index (χ1v) is 6.32. The molecule has 0 aromatic carbocycles. The van der Waals surface area contributed by atoms with E-state index < -0.39 is 11.6 Å². The van der Waals surface area contributed by atoms with Gasteiger partial charge in [0.15, 0.2) is 0 Å². The molecule has 0 atom stereocenters. The van der Waals surface area contributed by atoms with Crippen LogP contribution in [0.4, 0.5) is 4.79 Å². The summed E-state index contributed by atoms with van der Waals surface area (Å²) in [5, 5.41) is 11.3. The fourth-order valence-corrected chi connectivity index (χ4v) is 1.80. The number of amides is 2. The third-order valence-corrected chi connectivity index (χ3v) is 2.71. The minimum absolute atomic E-state index is 0.147. The summed E-state index contributed by atoms with van der Waals surface area (Å²) in [5.74, 6) is -1.00. The van der Waals surface area contributed by atoms with Crippen molar-refractivity contribution in [1.29, 1.82) is 0 Å². The molecule has 2 N–H and O–H groups in total. The fourth-order valence-electron chi connectivity index (χ4n) is 1.80. The molecular weight excluding hydrogens is 252 g/mol. The lowest BCUT2D eigenvalue weighted by Gasteiger charge is -2.46. The average molecular weight is 274 g/mol. The minimum Gasteiger partial charge on any atom is -0.480 e. The molecule has 2 amide bonds. The van der Waals surface area contributed by atoms with Gasteiger partial charge in [0.05, 0.1) is 25.8 Å². The van der Waals surface area contributed by atoms with Crippen LogP contribution >= 0.6 is 0 Å². The molecule has 0 aromatic heterocycles. The highest BCUT2D eigenvalue weighted by molar-refractivity contribution is 5.75. The lowest BCUT2D eigenvalue weighted by Crippen LogP contribution is -2.65. The second-order valence-electron chi connectivity index (χ2n) is 5.14. The van der Waals surface area contributed by atoms with Crippen molar-refractivity contribution < 1.29 is 24.2 Å². The van der Waals surface area contributed by atoms with Crippen molar-refractivity contribution in [2.75, 3.05) is 32.8 Å².